The fourth-order valence-electron chi connectivity index (χ4n) is 3.03. The number of aromatic nitrogens is 1. The molecule has 1 amide bonds. The zero-order chi connectivity index (χ0) is 19.6. The van der Waals surface area contributed by atoms with Gasteiger partial charge < -0.3 is 4.57 Å². The highest BCUT2D eigenvalue weighted by Gasteiger charge is 2.16. The lowest BCUT2D eigenvalue weighted by atomic mass is 10.1. The quantitative estimate of drug-likeness (QED) is 0.654. The smallest absolute Gasteiger partial charge is 0.249 e. The molecule has 5 nitrogen and oxygen atoms in total. The lowest BCUT2D eigenvalue weighted by Crippen LogP contribution is -2.17. The standard InChI is InChI=1S/C20H22N2O3S2/c1-4-22-17-13-14(2)12-15(3)19(17)26-20(22)21-18(23)10-11-27(24,25)16-8-6-5-7-9-16/h5-9,12-13H,4,10-11H2,1-3H3. The van der Waals surface area contributed by atoms with E-state index in [9.17, 15) is 13.2 Å². The molecule has 0 N–H and O–H groups in total. The predicted molar refractivity (Wildman–Crippen MR) is 109 cm³/mol. The van der Waals surface area contributed by atoms with Crippen molar-refractivity contribution in [2.24, 2.45) is 4.99 Å². The summed E-state index contributed by atoms with van der Waals surface area (Å²) in [7, 11) is -3.48. The molecule has 1 aromatic heterocycles. The SMILES string of the molecule is CCn1c(=NC(=O)CCS(=O)(=O)c2ccccc2)sc2c(C)cc(C)cc21. The first-order valence-corrected chi connectivity index (χ1v) is 11.2. The summed E-state index contributed by atoms with van der Waals surface area (Å²) in [6, 6.07) is 12.4. The first-order valence-electron chi connectivity index (χ1n) is 8.78. The van der Waals surface area contributed by atoms with Gasteiger partial charge in [-0.1, -0.05) is 35.6 Å². The van der Waals surface area contributed by atoms with E-state index >= 15 is 0 Å². The van der Waals surface area contributed by atoms with E-state index < -0.39 is 15.7 Å². The molecule has 0 saturated heterocycles. The molecule has 3 rings (SSSR count). The molecule has 27 heavy (non-hydrogen) atoms. The van der Waals surface area contributed by atoms with Gasteiger partial charge in [0.1, 0.15) is 0 Å². The number of nitrogens with zero attached hydrogens (tertiary/aromatic N) is 2. The molecule has 0 fully saturated rings. The number of benzene rings is 2. The fraction of sp³-hybridized carbons (Fsp3) is 0.300. The van der Waals surface area contributed by atoms with E-state index in [2.05, 4.69) is 17.1 Å². The molecule has 0 atom stereocenters. The maximum absolute atomic E-state index is 12.3. The Morgan fingerprint density at radius 1 is 1.15 bits per heavy atom. The third-order valence-electron chi connectivity index (χ3n) is 4.34. The number of sulfone groups is 1. The molecule has 0 spiro atoms. The summed E-state index contributed by atoms with van der Waals surface area (Å²) < 4.78 is 27.8. The van der Waals surface area contributed by atoms with E-state index in [0.717, 1.165) is 21.3 Å². The Morgan fingerprint density at radius 3 is 2.52 bits per heavy atom. The van der Waals surface area contributed by atoms with Crippen molar-refractivity contribution in [1.29, 1.82) is 0 Å². The second-order valence-electron chi connectivity index (χ2n) is 6.45. The number of hydrogen-bond donors (Lipinski definition) is 0. The van der Waals surface area contributed by atoms with Crippen LogP contribution in [-0.4, -0.2) is 24.6 Å². The number of carbonyl (C=O) groups is 1. The van der Waals surface area contributed by atoms with Gasteiger partial charge in [0, 0.05) is 13.0 Å². The molecule has 0 aliphatic carbocycles. The average Bonchev–Trinajstić information content (AvgIpc) is 2.98. The Morgan fingerprint density at radius 2 is 1.85 bits per heavy atom. The molecule has 7 heteroatoms. The van der Waals surface area contributed by atoms with Crippen LogP contribution in [-0.2, 0) is 21.2 Å². The Balaban J connectivity index is 1.89. The van der Waals surface area contributed by atoms with Gasteiger partial charge in [0.25, 0.3) is 0 Å². The van der Waals surface area contributed by atoms with Crippen LogP contribution in [0.15, 0.2) is 52.4 Å². The number of amides is 1. The van der Waals surface area contributed by atoms with Gasteiger partial charge in [-0.2, -0.15) is 4.99 Å². The van der Waals surface area contributed by atoms with Crippen molar-refractivity contribution in [3.05, 3.63) is 58.4 Å². The summed E-state index contributed by atoms with van der Waals surface area (Å²) >= 11 is 1.47. The van der Waals surface area contributed by atoms with Crippen molar-refractivity contribution in [3.8, 4) is 0 Å². The highest BCUT2D eigenvalue weighted by atomic mass is 32.2. The zero-order valence-corrected chi connectivity index (χ0v) is 17.2. The maximum Gasteiger partial charge on any atom is 0.249 e. The minimum Gasteiger partial charge on any atom is -0.317 e. The topological polar surface area (TPSA) is 68.5 Å². The van der Waals surface area contributed by atoms with Crippen molar-refractivity contribution in [2.75, 3.05) is 5.75 Å². The Kier molecular flexibility index (Phi) is 5.62. The van der Waals surface area contributed by atoms with Crippen LogP contribution >= 0.6 is 11.3 Å². The first kappa shape index (κ1) is 19.5. The first-order chi connectivity index (χ1) is 12.8. The fourth-order valence-corrected chi connectivity index (χ4v) is 5.45. The highest BCUT2D eigenvalue weighted by Crippen LogP contribution is 2.23. The molecule has 142 valence electrons. The minimum atomic E-state index is -3.48. The van der Waals surface area contributed by atoms with E-state index in [1.165, 1.54) is 11.3 Å². The molecule has 2 aromatic carbocycles. The van der Waals surface area contributed by atoms with Gasteiger partial charge in [-0.15, -0.1) is 0 Å². The second kappa shape index (κ2) is 7.78. The summed E-state index contributed by atoms with van der Waals surface area (Å²) in [5.41, 5.74) is 3.37. The predicted octanol–water partition coefficient (Wildman–Crippen LogP) is 3.63. The molecule has 1 heterocycles. The summed E-state index contributed by atoms with van der Waals surface area (Å²) in [5.74, 6) is -0.660. The number of rotatable bonds is 5. The normalized spacial score (nSPS) is 12.6. The average molecular weight is 403 g/mol. The Hall–Kier alpha value is -2.25. The monoisotopic (exact) mass is 402 g/mol. The summed E-state index contributed by atoms with van der Waals surface area (Å²) in [6.45, 7) is 6.79. The van der Waals surface area contributed by atoms with Gasteiger partial charge in [0.2, 0.25) is 5.91 Å². The zero-order valence-electron chi connectivity index (χ0n) is 15.6. The molecule has 3 aromatic rings. The van der Waals surface area contributed by atoms with Gasteiger partial charge in [0.15, 0.2) is 14.6 Å². The molecule has 0 saturated carbocycles. The Labute approximate surface area is 162 Å². The summed E-state index contributed by atoms with van der Waals surface area (Å²) in [5, 5.41) is 0. The maximum atomic E-state index is 12.3. The van der Waals surface area contributed by atoms with Gasteiger partial charge in [-0.05, 0) is 50.1 Å². The van der Waals surface area contributed by atoms with Gasteiger partial charge in [0.05, 0.1) is 20.9 Å². The van der Waals surface area contributed by atoms with Crippen LogP contribution in [0.2, 0.25) is 0 Å². The van der Waals surface area contributed by atoms with Crippen molar-refractivity contribution in [1.82, 2.24) is 4.57 Å². The van der Waals surface area contributed by atoms with Crippen LogP contribution in [0.4, 0.5) is 0 Å². The van der Waals surface area contributed by atoms with Crippen molar-refractivity contribution < 1.29 is 13.2 Å². The van der Waals surface area contributed by atoms with E-state index in [0.29, 0.717) is 11.3 Å². The van der Waals surface area contributed by atoms with Gasteiger partial charge in [-0.25, -0.2) is 8.42 Å². The van der Waals surface area contributed by atoms with Crippen molar-refractivity contribution in [2.45, 2.75) is 38.6 Å². The number of carbonyl (C=O) groups excluding carboxylic acids is 1. The van der Waals surface area contributed by atoms with Crippen LogP contribution in [0, 0.1) is 13.8 Å². The van der Waals surface area contributed by atoms with E-state index in [4.69, 9.17) is 0 Å². The van der Waals surface area contributed by atoms with Crippen LogP contribution in [0.25, 0.3) is 10.2 Å². The molecule has 0 aliphatic heterocycles. The molecular formula is C20H22N2O3S2. The molecule has 0 unspecified atom stereocenters. The number of fused-ring (bicyclic) bond motifs is 1. The number of aryl methyl sites for hydroxylation is 3. The number of thiazole rings is 1. The van der Waals surface area contributed by atoms with E-state index in [1.54, 1.807) is 30.3 Å². The van der Waals surface area contributed by atoms with Crippen LogP contribution in [0.5, 0.6) is 0 Å². The van der Waals surface area contributed by atoms with Crippen LogP contribution < -0.4 is 4.80 Å². The van der Waals surface area contributed by atoms with Crippen LogP contribution in [0.1, 0.15) is 24.5 Å². The molecule has 0 bridgehead atoms. The number of hydrogen-bond acceptors (Lipinski definition) is 4. The molecular weight excluding hydrogens is 380 g/mol. The molecule has 0 aliphatic rings. The Bertz CT molecular complexity index is 1160. The third-order valence-corrected chi connectivity index (χ3v) is 7.30. The third kappa shape index (κ3) is 4.20. The van der Waals surface area contributed by atoms with E-state index in [1.807, 2.05) is 25.3 Å². The summed E-state index contributed by atoms with van der Waals surface area (Å²) in [6.07, 6.45) is -0.132. The largest absolute Gasteiger partial charge is 0.317 e. The minimum absolute atomic E-state index is 0.132. The van der Waals surface area contributed by atoms with E-state index in [-0.39, 0.29) is 17.1 Å². The van der Waals surface area contributed by atoms with Gasteiger partial charge in [-0.3, -0.25) is 4.79 Å². The van der Waals surface area contributed by atoms with Crippen LogP contribution in [0.3, 0.4) is 0 Å². The highest BCUT2D eigenvalue weighted by molar-refractivity contribution is 7.91. The van der Waals surface area contributed by atoms with Gasteiger partial charge >= 0.3 is 0 Å². The second-order valence-corrected chi connectivity index (χ2v) is 9.53. The summed E-state index contributed by atoms with van der Waals surface area (Å²) in [4.78, 5) is 17.4. The van der Waals surface area contributed by atoms with Crippen molar-refractivity contribution in [3.63, 3.8) is 0 Å². The van der Waals surface area contributed by atoms with Crippen molar-refractivity contribution >= 4 is 37.3 Å². The lowest BCUT2D eigenvalue weighted by Gasteiger charge is -2.03. The lowest BCUT2D eigenvalue weighted by molar-refractivity contribution is -0.117. The molecule has 0 radical (unpaired) electrons.